The van der Waals surface area contributed by atoms with Crippen molar-refractivity contribution in [3.05, 3.63) is 60.3 Å². The van der Waals surface area contributed by atoms with Crippen LogP contribution in [0.2, 0.25) is 0 Å². The molecular weight excluding hydrogens is 292 g/mol. The average molecular weight is 310 g/mol. The molecule has 0 aliphatic carbocycles. The van der Waals surface area contributed by atoms with Gasteiger partial charge in [0.2, 0.25) is 0 Å². The van der Waals surface area contributed by atoms with Crippen LogP contribution in [-0.4, -0.2) is 25.8 Å². The molecule has 3 N–H and O–H groups in total. The second kappa shape index (κ2) is 6.35. The van der Waals surface area contributed by atoms with E-state index in [-0.39, 0.29) is 12.1 Å². The molecule has 0 saturated heterocycles. The standard InChI is InChI=1S/C16H18N6O/c1-11(22-10-9-17-12(22)2)13-3-5-14(6-4-13)19-16(23)20-15-7-8-18-21-15/h3-11H,1-2H3,(H3,18,19,20,21,23)/t11-/m1/s1. The quantitative estimate of drug-likeness (QED) is 0.691. The zero-order valence-electron chi connectivity index (χ0n) is 12.9. The molecule has 0 saturated carbocycles. The van der Waals surface area contributed by atoms with E-state index in [0.717, 1.165) is 17.1 Å². The minimum atomic E-state index is -0.319. The number of rotatable bonds is 4. The van der Waals surface area contributed by atoms with Gasteiger partial charge in [-0.2, -0.15) is 5.10 Å². The normalized spacial score (nSPS) is 11.9. The first-order valence-corrected chi connectivity index (χ1v) is 7.30. The second-order valence-corrected chi connectivity index (χ2v) is 5.23. The van der Waals surface area contributed by atoms with Crippen molar-refractivity contribution < 1.29 is 4.79 Å². The highest BCUT2D eigenvalue weighted by Crippen LogP contribution is 2.21. The summed E-state index contributed by atoms with van der Waals surface area (Å²) in [5, 5.41) is 11.9. The molecule has 23 heavy (non-hydrogen) atoms. The highest BCUT2D eigenvalue weighted by atomic mass is 16.2. The van der Waals surface area contributed by atoms with Crippen LogP contribution in [0, 0.1) is 6.92 Å². The third kappa shape index (κ3) is 3.39. The molecular formula is C16H18N6O. The molecule has 0 aliphatic rings. The Morgan fingerprint density at radius 3 is 2.57 bits per heavy atom. The predicted molar refractivity (Wildman–Crippen MR) is 88.4 cm³/mol. The van der Waals surface area contributed by atoms with Gasteiger partial charge in [-0.05, 0) is 31.5 Å². The summed E-state index contributed by atoms with van der Waals surface area (Å²) in [6.45, 7) is 4.09. The molecule has 1 aromatic carbocycles. The van der Waals surface area contributed by atoms with Crippen LogP contribution in [0.1, 0.15) is 24.4 Å². The number of hydrogen-bond acceptors (Lipinski definition) is 3. The Morgan fingerprint density at radius 1 is 1.17 bits per heavy atom. The van der Waals surface area contributed by atoms with Gasteiger partial charge in [-0.3, -0.25) is 10.4 Å². The van der Waals surface area contributed by atoms with Gasteiger partial charge in [-0.15, -0.1) is 0 Å². The zero-order valence-corrected chi connectivity index (χ0v) is 12.9. The minimum absolute atomic E-state index is 0.186. The van der Waals surface area contributed by atoms with Crippen molar-refractivity contribution in [2.24, 2.45) is 0 Å². The topological polar surface area (TPSA) is 87.6 Å². The smallest absolute Gasteiger partial charge is 0.324 e. The molecule has 0 radical (unpaired) electrons. The molecule has 0 aliphatic heterocycles. The number of urea groups is 1. The molecule has 2 heterocycles. The first-order valence-electron chi connectivity index (χ1n) is 7.30. The number of aromatic amines is 1. The maximum Gasteiger partial charge on any atom is 0.324 e. The number of hydrogen-bond donors (Lipinski definition) is 3. The maximum atomic E-state index is 11.8. The lowest BCUT2D eigenvalue weighted by molar-refractivity contribution is 0.262. The van der Waals surface area contributed by atoms with Gasteiger partial charge in [0.25, 0.3) is 0 Å². The lowest BCUT2D eigenvalue weighted by atomic mass is 10.1. The van der Waals surface area contributed by atoms with Gasteiger partial charge in [0.05, 0.1) is 12.2 Å². The summed E-state index contributed by atoms with van der Waals surface area (Å²) in [4.78, 5) is 16.1. The number of carbonyl (C=O) groups is 1. The van der Waals surface area contributed by atoms with E-state index < -0.39 is 0 Å². The monoisotopic (exact) mass is 310 g/mol. The maximum absolute atomic E-state index is 11.8. The summed E-state index contributed by atoms with van der Waals surface area (Å²) in [5.41, 5.74) is 1.87. The molecule has 1 atom stereocenters. The van der Waals surface area contributed by atoms with Crippen LogP contribution in [0.5, 0.6) is 0 Å². The number of H-pyrrole nitrogens is 1. The van der Waals surface area contributed by atoms with Gasteiger partial charge in [-0.1, -0.05) is 12.1 Å². The van der Waals surface area contributed by atoms with Gasteiger partial charge >= 0.3 is 6.03 Å². The van der Waals surface area contributed by atoms with Crippen molar-refractivity contribution in [1.82, 2.24) is 19.7 Å². The van der Waals surface area contributed by atoms with Crippen molar-refractivity contribution >= 4 is 17.5 Å². The van der Waals surface area contributed by atoms with E-state index in [1.807, 2.05) is 37.4 Å². The first-order chi connectivity index (χ1) is 11.1. The van der Waals surface area contributed by atoms with Crippen LogP contribution >= 0.6 is 0 Å². The number of nitrogens with zero attached hydrogens (tertiary/aromatic N) is 3. The number of anilines is 2. The summed E-state index contributed by atoms with van der Waals surface area (Å²) in [6.07, 6.45) is 5.33. The lowest BCUT2D eigenvalue weighted by Gasteiger charge is -2.16. The van der Waals surface area contributed by atoms with Crippen LogP contribution in [0.25, 0.3) is 0 Å². The fourth-order valence-corrected chi connectivity index (χ4v) is 2.41. The Kier molecular flexibility index (Phi) is 4.09. The molecule has 2 amide bonds. The van der Waals surface area contributed by atoms with E-state index in [1.165, 1.54) is 0 Å². The molecule has 7 nitrogen and oxygen atoms in total. The first kappa shape index (κ1) is 14.8. The summed E-state index contributed by atoms with van der Waals surface area (Å²) in [7, 11) is 0. The van der Waals surface area contributed by atoms with Crippen LogP contribution in [-0.2, 0) is 0 Å². The largest absolute Gasteiger partial charge is 0.328 e. The van der Waals surface area contributed by atoms with Crippen molar-refractivity contribution in [3.63, 3.8) is 0 Å². The third-order valence-electron chi connectivity index (χ3n) is 3.68. The van der Waals surface area contributed by atoms with Crippen LogP contribution in [0.3, 0.4) is 0 Å². The fraction of sp³-hybridized carbons (Fsp3) is 0.188. The number of nitrogens with one attached hydrogen (secondary N) is 3. The molecule has 0 spiro atoms. The lowest BCUT2D eigenvalue weighted by Crippen LogP contribution is -2.19. The van der Waals surface area contributed by atoms with E-state index in [1.54, 1.807) is 18.5 Å². The molecule has 2 aromatic heterocycles. The Morgan fingerprint density at radius 2 is 1.96 bits per heavy atom. The molecule has 0 bridgehead atoms. The number of imidazole rings is 1. The van der Waals surface area contributed by atoms with Gasteiger partial charge in [0, 0.05) is 24.1 Å². The van der Waals surface area contributed by atoms with E-state index in [2.05, 4.69) is 37.3 Å². The molecule has 3 aromatic rings. The number of aryl methyl sites for hydroxylation is 1. The van der Waals surface area contributed by atoms with Crippen molar-refractivity contribution in [2.45, 2.75) is 19.9 Å². The minimum Gasteiger partial charge on any atom is -0.328 e. The SMILES string of the molecule is Cc1nccn1[C@H](C)c1ccc(NC(=O)Nc2ccn[nH]2)cc1. The molecule has 7 heteroatoms. The average Bonchev–Trinajstić information content (AvgIpc) is 3.19. The third-order valence-corrected chi connectivity index (χ3v) is 3.68. The number of amides is 2. The van der Waals surface area contributed by atoms with Gasteiger partial charge in [0.15, 0.2) is 0 Å². The van der Waals surface area contributed by atoms with Crippen LogP contribution in [0.15, 0.2) is 48.9 Å². The van der Waals surface area contributed by atoms with Crippen molar-refractivity contribution in [1.29, 1.82) is 0 Å². The summed E-state index contributed by atoms with van der Waals surface area (Å²) in [6, 6.07) is 9.30. The molecule has 118 valence electrons. The van der Waals surface area contributed by atoms with E-state index in [4.69, 9.17) is 0 Å². The van der Waals surface area contributed by atoms with E-state index in [0.29, 0.717) is 5.82 Å². The summed E-state index contributed by atoms with van der Waals surface area (Å²) < 4.78 is 2.10. The predicted octanol–water partition coefficient (Wildman–Crippen LogP) is 3.17. The Balaban J connectivity index is 1.65. The summed E-state index contributed by atoms with van der Waals surface area (Å²) >= 11 is 0. The summed E-state index contributed by atoms with van der Waals surface area (Å²) in [5.74, 6) is 1.52. The van der Waals surface area contributed by atoms with Crippen molar-refractivity contribution in [3.8, 4) is 0 Å². The Bertz CT molecular complexity index is 775. The number of aromatic nitrogens is 4. The zero-order chi connectivity index (χ0) is 16.2. The highest BCUT2D eigenvalue weighted by molar-refractivity contribution is 5.99. The van der Waals surface area contributed by atoms with Gasteiger partial charge < -0.3 is 9.88 Å². The Labute approximate surface area is 133 Å². The fourth-order valence-electron chi connectivity index (χ4n) is 2.41. The second-order valence-electron chi connectivity index (χ2n) is 5.23. The molecule has 3 rings (SSSR count). The van der Waals surface area contributed by atoms with E-state index >= 15 is 0 Å². The number of benzene rings is 1. The Hall–Kier alpha value is -3.09. The van der Waals surface area contributed by atoms with E-state index in [9.17, 15) is 4.79 Å². The number of carbonyl (C=O) groups excluding carboxylic acids is 1. The van der Waals surface area contributed by atoms with Gasteiger partial charge in [-0.25, -0.2) is 9.78 Å². The van der Waals surface area contributed by atoms with Crippen LogP contribution in [0.4, 0.5) is 16.3 Å². The highest BCUT2D eigenvalue weighted by Gasteiger charge is 2.10. The van der Waals surface area contributed by atoms with Gasteiger partial charge in [0.1, 0.15) is 11.6 Å². The van der Waals surface area contributed by atoms with Crippen LogP contribution < -0.4 is 10.6 Å². The molecule has 0 unspecified atom stereocenters. The molecule has 0 fully saturated rings. The van der Waals surface area contributed by atoms with Crippen molar-refractivity contribution in [2.75, 3.05) is 10.6 Å².